The van der Waals surface area contributed by atoms with Gasteiger partial charge in [0.2, 0.25) is 10.0 Å². The Morgan fingerprint density at radius 1 is 1.35 bits per heavy atom. The van der Waals surface area contributed by atoms with Gasteiger partial charge in [0.15, 0.2) is 0 Å². The van der Waals surface area contributed by atoms with Crippen molar-refractivity contribution < 1.29 is 8.42 Å². The van der Waals surface area contributed by atoms with Gasteiger partial charge in [-0.3, -0.25) is 4.98 Å². The van der Waals surface area contributed by atoms with E-state index in [-0.39, 0.29) is 10.8 Å². The third-order valence-electron chi connectivity index (χ3n) is 3.53. The van der Waals surface area contributed by atoms with Crippen molar-refractivity contribution in [3.8, 4) is 6.07 Å². The lowest BCUT2D eigenvalue weighted by atomic mass is 9.85. The molecule has 0 amide bonds. The van der Waals surface area contributed by atoms with Crippen LogP contribution >= 0.6 is 15.9 Å². The summed E-state index contributed by atoms with van der Waals surface area (Å²) in [7, 11) is -3.71. The zero-order chi connectivity index (χ0) is 14.6. The summed E-state index contributed by atoms with van der Waals surface area (Å²) in [5, 5.41) is 9.24. The maximum Gasteiger partial charge on any atom is 0.243 e. The first-order chi connectivity index (χ1) is 9.53. The van der Waals surface area contributed by atoms with Crippen LogP contribution in [0.2, 0.25) is 0 Å². The summed E-state index contributed by atoms with van der Waals surface area (Å²) in [5.74, 6) is 0.101. The number of nitrogens with one attached hydrogen (secondary N) is 1. The predicted octanol–water partition coefficient (Wildman–Crippen LogP) is 2.59. The van der Waals surface area contributed by atoms with Crippen molar-refractivity contribution in [1.29, 1.82) is 5.26 Å². The zero-order valence-electron chi connectivity index (χ0n) is 10.9. The number of sulfonamides is 1. The van der Waals surface area contributed by atoms with Crippen LogP contribution in [0.5, 0.6) is 0 Å². The molecule has 1 aliphatic carbocycles. The summed E-state index contributed by atoms with van der Waals surface area (Å²) in [4.78, 5) is 3.92. The van der Waals surface area contributed by atoms with Gasteiger partial charge in [-0.25, -0.2) is 8.42 Å². The minimum Gasteiger partial charge on any atom is -0.262 e. The maximum absolute atomic E-state index is 12.3. The highest BCUT2D eigenvalue weighted by Gasteiger charge is 2.28. The summed E-state index contributed by atoms with van der Waals surface area (Å²) in [6.45, 7) is 0. The second-order valence-corrected chi connectivity index (χ2v) is 7.59. The van der Waals surface area contributed by atoms with Crippen LogP contribution in [0.4, 0.5) is 0 Å². The largest absolute Gasteiger partial charge is 0.262 e. The molecule has 1 fully saturated rings. The number of halogens is 1. The Morgan fingerprint density at radius 2 is 2.05 bits per heavy atom. The van der Waals surface area contributed by atoms with Crippen molar-refractivity contribution in [2.75, 3.05) is 0 Å². The van der Waals surface area contributed by atoms with Gasteiger partial charge in [0.05, 0.1) is 6.07 Å². The van der Waals surface area contributed by atoms with Crippen molar-refractivity contribution in [1.82, 2.24) is 9.71 Å². The molecule has 1 N–H and O–H groups in total. The van der Waals surface area contributed by atoms with E-state index in [1.54, 1.807) is 0 Å². The Balaban J connectivity index is 2.16. The molecule has 1 heterocycles. The van der Waals surface area contributed by atoms with Crippen LogP contribution < -0.4 is 4.72 Å². The van der Waals surface area contributed by atoms with Crippen molar-refractivity contribution in [2.45, 2.75) is 43.0 Å². The summed E-state index contributed by atoms with van der Waals surface area (Å²) < 4.78 is 27.6. The molecule has 2 rings (SSSR count). The highest BCUT2D eigenvalue weighted by Crippen LogP contribution is 2.27. The van der Waals surface area contributed by atoms with Crippen LogP contribution in [-0.2, 0) is 10.0 Å². The third kappa shape index (κ3) is 3.78. The monoisotopic (exact) mass is 357 g/mol. The van der Waals surface area contributed by atoms with E-state index >= 15 is 0 Å². The molecule has 0 bridgehead atoms. The number of nitrogens with zero attached hydrogens (tertiary/aromatic N) is 2. The Labute approximate surface area is 127 Å². The molecule has 0 radical (unpaired) electrons. The van der Waals surface area contributed by atoms with E-state index in [2.05, 4.69) is 31.7 Å². The smallest absolute Gasteiger partial charge is 0.243 e. The lowest BCUT2D eigenvalue weighted by molar-refractivity contribution is 0.324. The Kier molecular flexibility index (Phi) is 5.13. The van der Waals surface area contributed by atoms with E-state index in [9.17, 15) is 13.7 Å². The average Bonchev–Trinajstić information content (AvgIpc) is 2.46. The average molecular weight is 358 g/mol. The second-order valence-electron chi connectivity index (χ2n) is 4.97. The predicted molar refractivity (Wildman–Crippen MR) is 78.2 cm³/mol. The molecule has 7 heteroatoms. The summed E-state index contributed by atoms with van der Waals surface area (Å²) in [6.07, 6.45) is 7.88. The van der Waals surface area contributed by atoms with Gasteiger partial charge in [-0.15, -0.1) is 0 Å². The van der Waals surface area contributed by atoms with Gasteiger partial charge in [0.1, 0.15) is 10.9 Å². The molecular weight excluding hydrogens is 342 g/mol. The summed E-state index contributed by atoms with van der Waals surface area (Å²) >= 11 is 3.19. The Morgan fingerprint density at radius 3 is 2.65 bits per heavy atom. The number of rotatable bonds is 4. The van der Waals surface area contributed by atoms with Crippen molar-refractivity contribution in [3.05, 3.63) is 22.9 Å². The fraction of sp³-hybridized carbons (Fsp3) is 0.538. The zero-order valence-corrected chi connectivity index (χ0v) is 13.3. The van der Waals surface area contributed by atoms with Crippen molar-refractivity contribution in [2.24, 2.45) is 5.92 Å². The second kappa shape index (κ2) is 6.66. The topological polar surface area (TPSA) is 82.9 Å². The number of aromatic nitrogens is 1. The van der Waals surface area contributed by atoms with Crippen molar-refractivity contribution in [3.63, 3.8) is 0 Å². The molecule has 5 nitrogen and oxygen atoms in total. The van der Waals surface area contributed by atoms with Crippen LogP contribution in [0.25, 0.3) is 0 Å². The molecule has 0 aliphatic heterocycles. The Hall–Kier alpha value is -0.970. The molecule has 1 aromatic heterocycles. The van der Waals surface area contributed by atoms with Gasteiger partial charge < -0.3 is 0 Å². The highest BCUT2D eigenvalue weighted by atomic mass is 79.9. The van der Waals surface area contributed by atoms with E-state index in [0.29, 0.717) is 4.47 Å². The minimum atomic E-state index is -3.71. The van der Waals surface area contributed by atoms with E-state index in [1.807, 2.05) is 0 Å². The van der Waals surface area contributed by atoms with E-state index in [1.165, 1.54) is 18.5 Å². The van der Waals surface area contributed by atoms with E-state index in [0.717, 1.165) is 32.1 Å². The molecule has 1 saturated carbocycles. The molecular formula is C13H16BrN3O2S. The van der Waals surface area contributed by atoms with Crippen LogP contribution in [0.15, 0.2) is 27.8 Å². The molecule has 1 aliphatic rings. The number of pyridine rings is 1. The molecule has 0 aromatic carbocycles. The Bertz CT molecular complexity index is 606. The molecule has 108 valence electrons. The lowest BCUT2D eigenvalue weighted by Gasteiger charge is -2.26. The van der Waals surface area contributed by atoms with Crippen LogP contribution in [0, 0.1) is 17.2 Å². The standard InChI is InChI=1S/C13H16BrN3O2S/c14-11-6-12(9-16-8-11)20(18,19)17-13(7-15)10-4-2-1-3-5-10/h6,8-10,13,17H,1-5H2. The summed E-state index contributed by atoms with van der Waals surface area (Å²) in [5.41, 5.74) is 0. The molecule has 20 heavy (non-hydrogen) atoms. The van der Waals surface area contributed by atoms with Gasteiger partial charge in [0.25, 0.3) is 0 Å². The normalized spacial score (nSPS) is 18.4. The SMILES string of the molecule is N#CC(NS(=O)(=O)c1cncc(Br)c1)C1CCCCC1. The quantitative estimate of drug-likeness (QED) is 0.897. The van der Waals surface area contributed by atoms with Gasteiger partial charge in [-0.05, 0) is 40.8 Å². The molecule has 1 atom stereocenters. The van der Waals surface area contributed by atoms with Gasteiger partial charge in [-0.2, -0.15) is 9.98 Å². The molecule has 1 aromatic rings. The minimum absolute atomic E-state index is 0.0722. The summed E-state index contributed by atoms with van der Waals surface area (Å²) in [6, 6.07) is 2.90. The number of nitriles is 1. The third-order valence-corrected chi connectivity index (χ3v) is 5.37. The molecule has 0 spiro atoms. The van der Waals surface area contributed by atoms with E-state index in [4.69, 9.17) is 0 Å². The fourth-order valence-corrected chi connectivity index (χ4v) is 4.18. The van der Waals surface area contributed by atoms with Crippen LogP contribution in [-0.4, -0.2) is 19.4 Å². The first kappa shape index (κ1) is 15.4. The lowest BCUT2D eigenvalue weighted by Crippen LogP contribution is -2.40. The fourth-order valence-electron chi connectivity index (χ4n) is 2.47. The van der Waals surface area contributed by atoms with Crippen LogP contribution in [0.1, 0.15) is 32.1 Å². The van der Waals surface area contributed by atoms with Gasteiger partial charge >= 0.3 is 0 Å². The molecule has 0 saturated heterocycles. The highest BCUT2D eigenvalue weighted by molar-refractivity contribution is 9.10. The first-order valence-electron chi connectivity index (χ1n) is 6.55. The molecule has 1 unspecified atom stereocenters. The van der Waals surface area contributed by atoms with Crippen LogP contribution in [0.3, 0.4) is 0 Å². The number of hydrogen-bond acceptors (Lipinski definition) is 4. The van der Waals surface area contributed by atoms with Gasteiger partial charge in [-0.1, -0.05) is 19.3 Å². The van der Waals surface area contributed by atoms with Crippen molar-refractivity contribution >= 4 is 26.0 Å². The first-order valence-corrected chi connectivity index (χ1v) is 8.83. The van der Waals surface area contributed by atoms with E-state index < -0.39 is 16.1 Å². The maximum atomic E-state index is 12.3. The number of hydrogen-bond donors (Lipinski definition) is 1. The van der Waals surface area contributed by atoms with Gasteiger partial charge in [0, 0.05) is 16.9 Å².